The number of halogens is 1. The maximum atomic E-state index is 12.4. The van der Waals surface area contributed by atoms with E-state index in [2.05, 4.69) is 15.2 Å². The summed E-state index contributed by atoms with van der Waals surface area (Å²) < 4.78 is 27.2. The molecule has 0 aliphatic heterocycles. The van der Waals surface area contributed by atoms with Crippen molar-refractivity contribution in [1.82, 2.24) is 5.43 Å². The van der Waals surface area contributed by atoms with Gasteiger partial charge in [0.25, 0.3) is 15.9 Å². The topological polar surface area (TPSA) is 87.6 Å². The maximum absolute atomic E-state index is 12.4. The maximum Gasteiger partial charge on any atom is 0.271 e. The van der Waals surface area contributed by atoms with Gasteiger partial charge in [-0.2, -0.15) is 5.10 Å². The van der Waals surface area contributed by atoms with Gasteiger partial charge in [-0.15, -0.1) is 0 Å². The highest BCUT2D eigenvalue weighted by Crippen LogP contribution is 2.18. The van der Waals surface area contributed by atoms with E-state index in [1.165, 1.54) is 54.7 Å². The zero-order valence-electron chi connectivity index (χ0n) is 15.7. The molecule has 6 nitrogen and oxygen atoms in total. The van der Waals surface area contributed by atoms with Crippen LogP contribution >= 0.6 is 11.6 Å². The largest absolute Gasteiger partial charge is 0.280 e. The number of nitrogens with zero attached hydrogens (tertiary/aromatic N) is 1. The number of sulfonamides is 1. The Morgan fingerprint density at radius 3 is 2.23 bits per heavy atom. The van der Waals surface area contributed by atoms with E-state index in [4.69, 9.17) is 11.6 Å². The van der Waals surface area contributed by atoms with E-state index in [9.17, 15) is 13.2 Å². The molecule has 0 radical (unpaired) electrons. The van der Waals surface area contributed by atoms with Gasteiger partial charge in [-0.05, 0) is 60.2 Å². The van der Waals surface area contributed by atoms with Crippen molar-refractivity contribution in [3.05, 3.63) is 101 Å². The van der Waals surface area contributed by atoms with Crippen molar-refractivity contribution in [3.63, 3.8) is 0 Å². The normalized spacial score (nSPS) is 11.6. The molecule has 0 unspecified atom stereocenters. The highest BCUT2D eigenvalue weighted by molar-refractivity contribution is 7.92. The molecule has 0 aliphatic carbocycles. The zero-order valence-corrected chi connectivity index (χ0v) is 17.3. The molecule has 8 heteroatoms. The van der Waals surface area contributed by atoms with Gasteiger partial charge in [0, 0.05) is 22.5 Å². The highest BCUT2D eigenvalue weighted by atomic mass is 35.5. The van der Waals surface area contributed by atoms with Crippen LogP contribution in [0.25, 0.3) is 6.08 Å². The van der Waals surface area contributed by atoms with Gasteiger partial charge in [-0.25, -0.2) is 13.8 Å². The number of carbonyl (C=O) groups excluding carboxylic acids is 1. The number of hydrazone groups is 1. The lowest BCUT2D eigenvalue weighted by Crippen LogP contribution is -2.17. The fraction of sp³-hybridized carbons (Fsp3) is 0. The number of anilines is 1. The number of allylic oxidation sites excluding steroid dienone is 1. The third kappa shape index (κ3) is 6.04. The third-order valence-electron chi connectivity index (χ3n) is 3.94. The predicted molar refractivity (Wildman–Crippen MR) is 120 cm³/mol. The molecule has 2 N–H and O–H groups in total. The third-order valence-corrected chi connectivity index (χ3v) is 5.59. The molecule has 0 aromatic heterocycles. The first-order valence-electron chi connectivity index (χ1n) is 8.88. The molecule has 3 aromatic carbocycles. The quantitative estimate of drug-likeness (QED) is 0.417. The summed E-state index contributed by atoms with van der Waals surface area (Å²) in [5.41, 5.74) is 4.10. The molecule has 0 atom stereocenters. The van der Waals surface area contributed by atoms with Crippen molar-refractivity contribution in [1.29, 1.82) is 0 Å². The molecule has 0 bridgehead atoms. The van der Waals surface area contributed by atoms with E-state index < -0.39 is 15.9 Å². The van der Waals surface area contributed by atoms with Crippen molar-refractivity contribution in [2.24, 2.45) is 5.10 Å². The zero-order chi connectivity index (χ0) is 21.4. The Labute approximate surface area is 180 Å². The van der Waals surface area contributed by atoms with Crippen LogP contribution in [0.2, 0.25) is 5.02 Å². The minimum atomic E-state index is -3.75. The van der Waals surface area contributed by atoms with E-state index in [0.29, 0.717) is 16.3 Å². The number of hydrogen-bond acceptors (Lipinski definition) is 4. The molecular weight excluding hydrogens is 422 g/mol. The van der Waals surface area contributed by atoms with E-state index in [0.717, 1.165) is 5.56 Å². The van der Waals surface area contributed by atoms with Crippen molar-refractivity contribution in [2.75, 3.05) is 4.72 Å². The van der Waals surface area contributed by atoms with Crippen LogP contribution in [0.5, 0.6) is 0 Å². The molecule has 0 saturated heterocycles. The fourth-order valence-corrected chi connectivity index (χ4v) is 3.62. The minimum absolute atomic E-state index is 0.0895. The SMILES string of the molecule is O=C(N/N=C/C=C/c1ccccc1)c1ccc(NS(=O)(=O)c2ccc(Cl)cc2)cc1. The number of rotatable bonds is 7. The number of amides is 1. The van der Waals surface area contributed by atoms with Gasteiger partial charge in [0.2, 0.25) is 0 Å². The second-order valence-corrected chi connectivity index (χ2v) is 8.24. The number of nitrogens with one attached hydrogen (secondary N) is 2. The minimum Gasteiger partial charge on any atom is -0.280 e. The van der Waals surface area contributed by atoms with Crippen LogP contribution in [0, 0.1) is 0 Å². The smallest absolute Gasteiger partial charge is 0.271 e. The molecule has 3 aromatic rings. The van der Waals surface area contributed by atoms with E-state index in [1.807, 2.05) is 36.4 Å². The van der Waals surface area contributed by atoms with Gasteiger partial charge in [0.05, 0.1) is 4.90 Å². The fourth-order valence-electron chi connectivity index (χ4n) is 2.44. The Bertz CT molecular complexity index is 1160. The summed E-state index contributed by atoms with van der Waals surface area (Å²) in [6, 6.07) is 21.5. The Morgan fingerprint density at radius 2 is 1.57 bits per heavy atom. The molecule has 3 rings (SSSR count). The first-order valence-corrected chi connectivity index (χ1v) is 10.7. The number of hydrogen-bond donors (Lipinski definition) is 2. The molecule has 1 amide bonds. The van der Waals surface area contributed by atoms with E-state index in [-0.39, 0.29) is 4.90 Å². The van der Waals surface area contributed by atoms with Gasteiger partial charge >= 0.3 is 0 Å². The average molecular weight is 440 g/mol. The van der Waals surface area contributed by atoms with Crippen LogP contribution in [0.4, 0.5) is 5.69 Å². The van der Waals surface area contributed by atoms with Gasteiger partial charge in [-0.3, -0.25) is 9.52 Å². The monoisotopic (exact) mass is 439 g/mol. The summed E-state index contributed by atoms with van der Waals surface area (Å²) >= 11 is 5.78. The first kappa shape index (κ1) is 21.3. The Balaban J connectivity index is 1.57. The van der Waals surface area contributed by atoms with Gasteiger partial charge in [0.15, 0.2) is 0 Å². The lowest BCUT2D eigenvalue weighted by atomic mass is 10.2. The standard InChI is InChI=1S/C22H18ClN3O3S/c23-19-10-14-21(15-11-19)30(28,29)26-20-12-8-18(9-13-20)22(27)25-24-16-4-7-17-5-2-1-3-6-17/h1-16,26H,(H,25,27)/b7-4+,24-16+. The molecule has 0 heterocycles. The summed E-state index contributed by atoms with van der Waals surface area (Å²) in [6.07, 6.45) is 5.04. The molecule has 30 heavy (non-hydrogen) atoms. The lowest BCUT2D eigenvalue weighted by molar-refractivity contribution is 0.0955. The Morgan fingerprint density at radius 1 is 0.900 bits per heavy atom. The van der Waals surface area contributed by atoms with Gasteiger partial charge in [-0.1, -0.05) is 48.0 Å². The molecule has 152 valence electrons. The first-order chi connectivity index (χ1) is 14.4. The molecule has 0 aliphatic rings. The van der Waals surface area contributed by atoms with Crippen molar-refractivity contribution in [2.45, 2.75) is 4.90 Å². The summed E-state index contributed by atoms with van der Waals surface area (Å²) in [4.78, 5) is 12.2. The summed E-state index contributed by atoms with van der Waals surface area (Å²) in [7, 11) is -3.75. The van der Waals surface area contributed by atoms with Crippen LogP contribution in [-0.2, 0) is 10.0 Å². The van der Waals surface area contributed by atoms with Gasteiger partial charge < -0.3 is 0 Å². The summed E-state index contributed by atoms with van der Waals surface area (Å²) in [5, 5.41) is 4.30. The average Bonchev–Trinajstić information content (AvgIpc) is 2.74. The number of benzene rings is 3. The summed E-state index contributed by atoms with van der Waals surface area (Å²) in [6.45, 7) is 0. The van der Waals surface area contributed by atoms with Crippen LogP contribution in [-0.4, -0.2) is 20.5 Å². The van der Waals surface area contributed by atoms with Crippen molar-refractivity contribution in [3.8, 4) is 0 Å². The number of carbonyl (C=O) groups is 1. The Hall–Kier alpha value is -3.42. The van der Waals surface area contributed by atoms with Crippen LogP contribution < -0.4 is 10.1 Å². The molecule has 0 saturated carbocycles. The van der Waals surface area contributed by atoms with Crippen LogP contribution in [0.3, 0.4) is 0 Å². The molecular formula is C22H18ClN3O3S. The summed E-state index contributed by atoms with van der Waals surface area (Å²) in [5.74, 6) is -0.411. The highest BCUT2D eigenvalue weighted by Gasteiger charge is 2.14. The van der Waals surface area contributed by atoms with E-state index in [1.54, 1.807) is 6.08 Å². The second kappa shape index (κ2) is 9.87. The van der Waals surface area contributed by atoms with Crippen molar-refractivity contribution < 1.29 is 13.2 Å². The van der Waals surface area contributed by atoms with E-state index >= 15 is 0 Å². The van der Waals surface area contributed by atoms with Crippen LogP contribution in [0.1, 0.15) is 15.9 Å². The molecule has 0 spiro atoms. The van der Waals surface area contributed by atoms with Crippen molar-refractivity contribution >= 4 is 45.5 Å². The lowest BCUT2D eigenvalue weighted by Gasteiger charge is -2.08. The van der Waals surface area contributed by atoms with Gasteiger partial charge in [0.1, 0.15) is 0 Å². The van der Waals surface area contributed by atoms with Crippen LogP contribution in [0.15, 0.2) is 94.9 Å². The molecule has 0 fully saturated rings. The Kier molecular flexibility index (Phi) is 7.00. The second-order valence-electron chi connectivity index (χ2n) is 6.13. The predicted octanol–water partition coefficient (Wildman–Crippen LogP) is 4.57.